The van der Waals surface area contributed by atoms with E-state index < -0.39 is 11.9 Å². The molecule has 2 atom stereocenters. The molecule has 4 rings (SSSR count). The molecule has 0 saturated heterocycles. The lowest BCUT2D eigenvalue weighted by Crippen LogP contribution is -2.27. The largest absolute Gasteiger partial charge is 0.481 e. The zero-order valence-corrected chi connectivity index (χ0v) is 12.4. The van der Waals surface area contributed by atoms with Crippen LogP contribution in [0.4, 0.5) is 0 Å². The maximum Gasteiger partial charge on any atom is 0.311 e. The summed E-state index contributed by atoms with van der Waals surface area (Å²) in [6.07, 6.45) is 2.53. The molecule has 0 spiro atoms. The first-order valence-corrected chi connectivity index (χ1v) is 7.72. The van der Waals surface area contributed by atoms with Crippen molar-refractivity contribution in [3.8, 4) is 0 Å². The molecule has 6 nitrogen and oxygen atoms in total. The van der Waals surface area contributed by atoms with E-state index in [0.717, 1.165) is 29.7 Å². The molecule has 2 aliphatic rings. The number of carboxylic acids is 1. The Labute approximate surface area is 132 Å². The molecule has 1 amide bonds. The summed E-state index contributed by atoms with van der Waals surface area (Å²) in [5.41, 5.74) is 2.45. The third-order valence-electron chi connectivity index (χ3n) is 4.57. The Bertz CT molecular complexity index is 778. The number of fused-ring (bicyclic) bond motifs is 1. The number of amides is 1. The highest BCUT2D eigenvalue weighted by Crippen LogP contribution is 2.41. The van der Waals surface area contributed by atoms with Crippen molar-refractivity contribution < 1.29 is 19.2 Å². The fraction of sp³-hybridized carbons (Fsp3) is 0.353. The predicted molar refractivity (Wildman–Crippen MR) is 80.1 cm³/mol. The minimum absolute atomic E-state index is 0.183. The minimum atomic E-state index is -0.870. The van der Waals surface area contributed by atoms with E-state index in [4.69, 9.17) is 4.52 Å². The molecule has 2 aromatic rings. The van der Waals surface area contributed by atoms with Gasteiger partial charge in [0.2, 0.25) is 5.76 Å². The van der Waals surface area contributed by atoms with Crippen LogP contribution < -0.4 is 5.32 Å². The lowest BCUT2D eigenvalue weighted by Gasteiger charge is -2.12. The molecule has 1 aromatic heterocycles. The van der Waals surface area contributed by atoms with Crippen LogP contribution in [0.1, 0.15) is 64.5 Å². The van der Waals surface area contributed by atoms with Gasteiger partial charge in [0, 0.05) is 12.0 Å². The van der Waals surface area contributed by atoms with Crippen molar-refractivity contribution in [2.24, 2.45) is 0 Å². The fourth-order valence-electron chi connectivity index (χ4n) is 3.20. The first kappa shape index (κ1) is 14.0. The lowest BCUT2D eigenvalue weighted by molar-refractivity contribution is -0.138. The minimum Gasteiger partial charge on any atom is -0.481 e. The van der Waals surface area contributed by atoms with Gasteiger partial charge in [-0.1, -0.05) is 29.4 Å². The van der Waals surface area contributed by atoms with Gasteiger partial charge in [0.25, 0.3) is 5.91 Å². The molecule has 1 aromatic carbocycles. The van der Waals surface area contributed by atoms with Gasteiger partial charge in [-0.15, -0.1) is 0 Å². The number of aromatic nitrogens is 1. The van der Waals surface area contributed by atoms with Gasteiger partial charge in [0.05, 0.1) is 17.7 Å². The van der Waals surface area contributed by atoms with Crippen molar-refractivity contribution in [2.45, 2.75) is 37.1 Å². The molecule has 2 aliphatic carbocycles. The number of carbonyl (C=O) groups excluding carboxylic acids is 1. The third-order valence-corrected chi connectivity index (χ3v) is 4.57. The van der Waals surface area contributed by atoms with Crippen molar-refractivity contribution >= 4 is 11.9 Å². The number of nitrogens with one attached hydrogen (secondary N) is 1. The Balaban J connectivity index is 1.54. The van der Waals surface area contributed by atoms with E-state index in [2.05, 4.69) is 10.5 Å². The van der Waals surface area contributed by atoms with E-state index in [0.29, 0.717) is 12.3 Å². The van der Waals surface area contributed by atoms with E-state index >= 15 is 0 Å². The number of benzene rings is 1. The normalized spacial score (nSPS) is 22.6. The van der Waals surface area contributed by atoms with Gasteiger partial charge in [-0.05, 0) is 30.4 Å². The molecule has 23 heavy (non-hydrogen) atoms. The molecule has 0 bridgehead atoms. The van der Waals surface area contributed by atoms with Crippen LogP contribution in [-0.2, 0) is 4.79 Å². The smallest absolute Gasteiger partial charge is 0.311 e. The second-order valence-electron chi connectivity index (χ2n) is 6.17. The summed E-state index contributed by atoms with van der Waals surface area (Å²) in [5.74, 6) is -1.21. The average Bonchev–Trinajstić information content (AvgIpc) is 3.15. The maximum absolute atomic E-state index is 12.4. The highest BCUT2D eigenvalue weighted by Gasteiger charge is 2.36. The lowest BCUT2D eigenvalue weighted by atomic mass is 10.0. The molecule has 1 saturated carbocycles. The van der Waals surface area contributed by atoms with Crippen LogP contribution in [0, 0.1) is 0 Å². The molecule has 0 aliphatic heterocycles. The number of nitrogens with zero attached hydrogens (tertiary/aromatic N) is 1. The second-order valence-corrected chi connectivity index (χ2v) is 6.17. The molecular formula is C17H16N2O4. The number of hydrogen-bond donors (Lipinski definition) is 2. The second kappa shape index (κ2) is 5.22. The van der Waals surface area contributed by atoms with Crippen LogP contribution in [0.5, 0.6) is 0 Å². The molecule has 118 valence electrons. The van der Waals surface area contributed by atoms with Crippen molar-refractivity contribution in [1.29, 1.82) is 0 Å². The predicted octanol–water partition coefficient (Wildman–Crippen LogP) is 2.60. The summed E-state index contributed by atoms with van der Waals surface area (Å²) in [6, 6.07) is 8.69. The van der Waals surface area contributed by atoms with Crippen LogP contribution in [-0.4, -0.2) is 22.1 Å². The van der Waals surface area contributed by atoms with E-state index in [9.17, 15) is 14.7 Å². The Hall–Kier alpha value is -2.63. The molecule has 6 heteroatoms. The number of rotatable bonds is 4. The van der Waals surface area contributed by atoms with Gasteiger partial charge in [0.1, 0.15) is 0 Å². The van der Waals surface area contributed by atoms with E-state index in [1.54, 1.807) is 12.1 Å². The van der Waals surface area contributed by atoms with Gasteiger partial charge >= 0.3 is 5.97 Å². The number of carboxylic acid groups (broad SMARTS) is 1. The SMILES string of the molecule is O=C(NC1CC(C(=O)O)c2ccccc21)c1cc(C2CC2)no1. The summed E-state index contributed by atoms with van der Waals surface area (Å²) in [6.45, 7) is 0. The average molecular weight is 312 g/mol. The summed E-state index contributed by atoms with van der Waals surface area (Å²) < 4.78 is 5.12. The number of carbonyl (C=O) groups is 2. The summed E-state index contributed by atoms with van der Waals surface area (Å²) in [4.78, 5) is 23.8. The molecular weight excluding hydrogens is 296 g/mol. The molecule has 2 N–H and O–H groups in total. The zero-order valence-electron chi connectivity index (χ0n) is 12.4. The van der Waals surface area contributed by atoms with Crippen LogP contribution in [0.2, 0.25) is 0 Å². The van der Waals surface area contributed by atoms with Crippen molar-refractivity contribution in [1.82, 2.24) is 10.5 Å². The Morgan fingerprint density at radius 3 is 2.65 bits per heavy atom. The monoisotopic (exact) mass is 312 g/mol. The van der Waals surface area contributed by atoms with Crippen LogP contribution in [0.3, 0.4) is 0 Å². The van der Waals surface area contributed by atoms with E-state index in [1.807, 2.05) is 18.2 Å². The number of hydrogen-bond acceptors (Lipinski definition) is 4. The summed E-state index contributed by atoms with van der Waals surface area (Å²) in [5, 5.41) is 16.2. The molecule has 1 heterocycles. The highest BCUT2D eigenvalue weighted by molar-refractivity contribution is 5.92. The van der Waals surface area contributed by atoms with Crippen molar-refractivity contribution in [3.63, 3.8) is 0 Å². The first-order chi connectivity index (χ1) is 11.1. The number of aliphatic carboxylic acids is 1. The fourth-order valence-corrected chi connectivity index (χ4v) is 3.20. The molecule has 0 radical (unpaired) electrons. The van der Waals surface area contributed by atoms with E-state index in [1.165, 1.54) is 0 Å². The third kappa shape index (κ3) is 2.50. The summed E-state index contributed by atoms with van der Waals surface area (Å²) in [7, 11) is 0. The van der Waals surface area contributed by atoms with Gasteiger partial charge in [-0.3, -0.25) is 9.59 Å². The van der Waals surface area contributed by atoms with Gasteiger partial charge in [0.15, 0.2) is 0 Å². The Morgan fingerprint density at radius 2 is 1.96 bits per heavy atom. The highest BCUT2D eigenvalue weighted by atomic mass is 16.5. The van der Waals surface area contributed by atoms with Crippen LogP contribution in [0.15, 0.2) is 34.9 Å². The van der Waals surface area contributed by atoms with Crippen LogP contribution >= 0.6 is 0 Å². The quantitative estimate of drug-likeness (QED) is 0.905. The van der Waals surface area contributed by atoms with Crippen molar-refractivity contribution in [2.75, 3.05) is 0 Å². The van der Waals surface area contributed by atoms with Crippen molar-refractivity contribution in [3.05, 3.63) is 52.9 Å². The van der Waals surface area contributed by atoms with E-state index in [-0.39, 0.29) is 17.7 Å². The molecule has 1 fully saturated rings. The topological polar surface area (TPSA) is 92.4 Å². The van der Waals surface area contributed by atoms with Gasteiger partial charge < -0.3 is 14.9 Å². The Morgan fingerprint density at radius 1 is 1.22 bits per heavy atom. The zero-order chi connectivity index (χ0) is 16.0. The summed E-state index contributed by atoms with van der Waals surface area (Å²) >= 11 is 0. The van der Waals surface area contributed by atoms with Gasteiger partial charge in [-0.2, -0.15) is 0 Å². The van der Waals surface area contributed by atoms with Gasteiger partial charge in [-0.25, -0.2) is 0 Å². The standard InChI is InChI=1S/C17H16N2O4/c20-16(15-8-13(19-23-15)9-5-6-9)18-14-7-12(17(21)22)10-3-1-2-4-11(10)14/h1-4,8-9,12,14H,5-7H2,(H,18,20)(H,21,22). The first-order valence-electron chi connectivity index (χ1n) is 7.72. The molecule has 2 unspecified atom stereocenters. The van der Waals surface area contributed by atoms with Crippen LogP contribution in [0.25, 0.3) is 0 Å². The maximum atomic E-state index is 12.4. The Kier molecular flexibility index (Phi) is 3.18.